The third kappa shape index (κ3) is 6.36. The maximum absolute atomic E-state index is 11.2. The molecule has 19 heavy (non-hydrogen) atoms. The second-order valence-corrected chi connectivity index (χ2v) is 5.52. The number of hydrogen-bond acceptors (Lipinski definition) is 4. The fourth-order valence-electron chi connectivity index (χ4n) is 2.58. The molecule has 0 aromatic carbocycles. The fourth-order valence-corrected chi connectivity index (χ4v) is 2.58. The Labute approximate surface area is 116 Å². The van der Waals surface area contributed by atoms with E-state index in [4.69, 9.17) is 4.74 Å². The van der Waals surface area contributed by atoms with Crippen LogP contribution in [0.5, 0.6) is 0 Å². The zero-order valence-corrected chi connectivity index (χ0v) is 12.4. The van der Waals surface area contributed by atoms with Gasteiger partial charge in [0.15, 0.2) is 0 Å². The van der Waals surface area contributed by atoms with Crippen LogP contribution in [0.15, 0.2) is 0 Å². The molecule has 1 saturated heterocycles. The van der Waals surface area contributed by atoms with E-state index in [1.165, 1.54) is 0 Å². The molecule has 1 aliphatic rings. The van der Waals surface area contributed by atoms with E-state index in [0.29, 0.717) is 12.5 Å². The number of carbonyl (C=O) groups is 1. The van der Waals surface area contributed by atoms with Gasteiger partial charge < -0.3 is 20.1 Å². The number of hydrogen-bond donors (Lipinski definition) is 2. The lowest BCUT2D eigenvalue weighted by Crippen LogP contribution is -2.45. The topological polar surface area (TPSA) is 61.8 Å². The molecule has 0 aromatic heterocycles. The normalized spacial score (nSPS) is 22.6. The van der Waals surface area contributed by atoms with Gasteiger partial charge in [-0.2, -0.15) is 0 Å². The summed E-state index contributed by atoms with van der Waals surface area (Å²) in [5.74, 6) is -0.757. The molecule has 1 rings (SSSR count). The van der Waals surface area contributed by atoms with Crippen LogP contribution in [0.25, 0.3) is 0 Å². The van der Waals surface area contributed by atoms with Crippen molar-refractivity contribution in [3.8, 4) is 0 Å². The Morgan fingerprint density at radius 2 is 2.26 bits per heavy atom. The molecular formula is C14H28N2O3. The molecule has 2 unspecified atom stereocenters. The lowest BCUT2D eigenvalue weighted by Gasteiger charge is -2.33. The average Bonchev–Trinajstić information content (AvgIpc) is 2.34. The van der Waals surface area contributed by atoms with Crippen molar-refractivity contribution in [3.05, 3.63) is 0 Å². The Morgan fingerprint density at radius 3 is 2.84 bits per heavy atom. The van der Waals surface area contributed by atoms with E-state index in [0.717, 1.165) is 39.1 Å². The SMILES string of the molecule is CCOC1CCCN(CCC(NC(C)C)C(=O)O)C1. The number of likely N-dealkylation sites (tertiary alicyclic amines) is 1. The summed E-state index contributed by atoms with van der Waals surface area (Å²) in [7, 11) is 0. The third-order valence-electron chi connectivity index (χ3n) is 3.43. The Bertz CT molecular complexity index is 269. The van der Waals surface area contributed by atoms with Crippen molar-refractivity contribution in [2.45, 2.75) is 58.2 Å². The van der Waals surface area contributed by atoms with Gasteiger partial charge in [-0.05, 0) is 32.7 Å². The summed E-state index contributed by atoms with van der Waals surface area (Å²) in [4.78, 5) is 13.5. The van der Waals surface area contributed by atoms with Crippen LogP contribution in [0.4, 0.5) is 0 Å². The minimum absolute atomic E-state index is 0.193. The van der Waals surface area contributed by atoms with Crippen LogP contribution in [0.1, 0.15) is 40.0 Å². The third-order valence-corrected chi connectivity index (χ3v) is 3.43. The Hall–Kier alpha value is -0.650. The predicted molar refractivity (Wildman–Crippen MR) is 75.4 cm³/mol. The maximum atomic E-state index is 11.2. The molecule has 1 heterocycles. The summed E-state index contributed by atoms with van der Waals surface area (Å²) >= 11 is 0. The highest BCUT2D eigenvalue weighted by Crippen LogP contribution is 2.13. The number of carboxylic acids is 1. The Kier molecular flexibility index (Phi) is 7.34. The van der Waals surface area contributed by atoms with Crippen molar-refractivity contribution in [1.82, 2.24) is 10.2 Å². The summed E-state index contributed by atoms with van der Waals surface area (Å²) < 4.78 is 5.66. The van der Waals surface area contributed by atoms with Gasteiger partial charge in [-0.1, -0.05) is 13.8 Å². The van der Waals surface area contributed by atoms with Gasteiger partial charge in [-0.25, -0.2) is 0 Å². The zero-order valence-electron chi connectivity index (χ0n) is 12.4. The van der Waals surface area contributed by atoms with E-state index in [9.17, 15) is 9.90 Å². The van der Waals surface area contributed by atoms with Crippen LogP contribution >= 0.6 is 0 Å². The van der Waals surface area contributed by atoms with E-state index in [1.54, 1.807) is 0 Å². The monoisotopic (exact) mass is 272 g/mol. The number of rotatable bonds is 8. The molecule has 0 spiro atoms. The van der Waals surface area contributed by atoms with Gasteiger partial charge in [0.1, 0.15) is 6.04 Å². The largest absolute Gasteiger partial charge is 0.480 e. The van der Waals surface area contributed by atoms with Crippen LogP contribution in [-0.4, -0.2) is 60.4 Å². The molecule has 2 atom stereocenters. The smallest absolute Gasteiger partial charge is 0.320 e. The number of nitrogens with one attached hydrogen (secondary N) is 1. The first kappa shape index (κ1) is 16.4. The molecule has 0 bridgehead atoms. The molecular weight excluding hydrogens is 244 g/mol. The first-order valence-electron chi connectivity index (χ1n) is 7.35. The van der Waals surface area contributed by atoms with E-state index in [1.807, 2.05) is 20.8 Å². The maximum Gasteiger partial charge on any atom is 0.320 e. The van der Waals surface area contributed by atoms with Crippen molar-refractivity contribution >= 4 is 5.97 Å². The van der Waals surface area contributed by atoms with Crippen molar-refractivity contribution in [3.63, 3.8) is 0 Å². The van der Waals surface area contributed by atoms with Gasteiger partial charge in [-0.15, -0.1) is 0 Å². The molecule has 0 saturated carbocycles. The van der Waals surface area contributed by atoms with Gasteiger partial charge in [0, 0.05) is 25.7 Å². The highest BCUT2D eigenvalue weighted by Gasteiger charge is 2.23. The van der Waals surface area contributed by atoms with E-state index in [-0.39, 0.29) is 6.04 Å². The van der Waals surface area contributed by atoms with Gasteiger partial charge in [0.05, 0.1) is 6.10 Å². The first-order valence-corrected chi connectivity index (χ1v) is 7.35. The summed E-state index contributed by atoms with van der Waals surface area (Å²) in [5, 5.41) is 12.3. The second-order valence-electron chi connectivity index (χ2n) is 5.52. The van der Waals surface area contributed by atoms with Crippen LogP contribution in [0.3, 0.4) is 0 Å². The van der Waals surface area contributed by atoms with Crippen molar-refractivity contribution in [2.24, 2.45) is 0 Å². The molecule has 0 amide bonds. The highest BCUT2D eigenvalue weighted by molar-refractivity contribution is 5.73. The predicted octanol–water partition coefficient (Wildman–Crippen LogP) is 1.33. The molecule has 5 heteroatoms. The molecule has 5 nitrogen and oxygen atoms in total. The second kappa shape index (κ2) is 8.51. The van der Waals surface area contributed by atoms with Crippen molar-refractivity contribution in [1.29, 1.82) is 0 Å². The Balaban J connectivity index is 2.34. The van der Waals surface area contributed by atoms with Gasteiger partial charge in [-0.3, -0.25) is 4.79 Å². The molecule has 1 aliphatic heterocycles. The lowest BCUT2D eigenvalue weighted by atomic mass is 10.1. The van der Waals surface area contributed by atoms with Crippen LogP contribution in [0.2, 0.25) is 0 Å². The molecule has 0 aliphatic carbocycles. The highest BCUT2D eigenvalue weighted by atomic mass is 16.5. The standard InChI is InChI=1S/C14H28N2O3/c1-4-19-12-6-5-8-16(10-12)9-7-13(14(17)18)15-11(2)3/h11-13,15H,4-10H2,1-3H3,(H,17,18). The van der Waals surface area contributed by atoms with Crippen molar-refractivity contribution in [2.75, 3.05) is 26.2 Å². The van der Waals surface area contributed by atoms with E-state index < -0.39 is 12.0 Å². The molecule has 0 aromatic rings. The number of nitrogens with zero attached hydrogens (tertiary/aromatic N) is 1. The van der Waals surface area contributed by atoms with Crippen LogP contribution < -0.4 is 5.32 Å². The van der Waals surface area contributed by atoms with E-state index >= 15 is 0 Å². The van der Waals surface area contributed by atoms with Gasteiger partial charge in [0.2, 0.25) is 0 Å². The first-order chi connectivity index (χ1) is 9.02. The summed E-state index contributed by atoms with van der Waals surface area (Å²) in [6, 6.07) is -0.258. The minimum atomic E-state index is -0.757. The van der Waals surface area contributed by atoms with Crippen LogP contribution in [0, 0.1) is 0 Å². The summed E-state index contributed by atoms with van der Waals surface area (Å²) in [6.07, 6.45) is 3.23. The molecule has 2 N–H and O–H groups in total. The zero-order chi connectivity index (χ0) is 14.3. The van der Waals surface area contributed by atoms with Crippen molar-refractivity contribution < 1.29 is 14.6 Å². The molecule has 1 fully saturated rings. The fraction of sp³-hybridized carbons (Fsp3) is 0.929. The number of aliphatic carboxylic acids is 1. The quantitative estimate of drug-likeness (QED) is 0.698. The average molecular weight is 272 g/mol. The number of carboxylic acid groups (broad SMARTS) is 1. The summed E-state index contributed by atoms with van der Waals surface area (Å²) in [5.41, 5.74) is 0. The Morgan fingerprint density at radius 1 is 1.53 bits per heavy atom. The minimum Gasteiger partial charge on any atom is -0.480 e. The molecule has 112 valence electrons. The lowest BCUT2D eigenvalue weighted by molar-refractivity contribution is -0.140. The number of ether oxygens (including phenoxy) is 1. The van der Waals surface area contributed by atoms with Gasteiger partial charge in [0.25, 0.3) is 0 Å². The van der Waals surface area contributed by atoms with Crippen LogP contribution in [-0.2, 0) is 9.53 Å². The summed E-state index contributed by atoms with van der Waals surface area (Å²) in [6.45, 7) is 9.53. The van der Waals surface area contributed by atoms with Gasteiger partial charge >= 0.3 is 5.97 Å². The van der Waals surface area contributed by atoms with E-state index in [2.05, 4.69) is 10.2 Å². The number of piperidine rings is 1. The molecule has 0 radical (unpaired) electrons.